The second-order valence-corrected chi connectivity index (χ2v) is 5.45. The van der Waals surface area contributed by atoms with Crippen LogP contribution in [-0.2, 0) is 14.3 Å². The van der Waals surface area contributed by atoms with Crippen LogP contribution < -0.4 is 5.01 Å². The minimum absolute atomic E-state index is 0.0555. The third-order valence-corrected chi connectivity index (χ3v) is 3.56. The van der Waals surface area contributed by atoms with Gasteiger partial charge in [0.2, 0.25) is 0 Å². The number of benzene rings is 1. The Kier molecular flexibility index (Phi) is 6.84. The first-order chi connectivity index (χ1) is 11.2. The van der Waals surface area contributed by atoms with E-state index in [0.29, 0.717) is 18.6 Å². The summed E-state index contributed by atoms with van der Waals surface area (Å²) in [4.78, 5) is 11.1. The minimum Gasteiger partial charge on any atom is -0.449 e. The van der Waals surface area contributed by atoms with Crippen LogP contribution in [0.25, 0.3) is 0 Å². The first-order valence-corrected chi connectivity index (χ1v) is 8.12. The summed E-state index contributed by atoms with van der Waals surface area (Å²) in [5, 5.41) is 5.42. The molecule has 0 spiro atoms. The lowest BCUT2D eigenvalue weighted by atomic mass is 10.1. The number of carbonyl (C=O) groups excluding carboxylic acids is 1. The van der Waals surface area contributed by atoms with Crippen molar-refractivity contribution in [3.8, 4) is 0 Å². The number of ether oxygens (including phenoxy) is 2. The van der Waals surface area contributed by atoms with Gasteiger partial charge in [-0.05, 0) is 24.6 Å². The van der Waals surface area contributed by atoms with E-state index >= 15 is 0 Å². The quantitative estimate of drug-likeness (QED) is 0.512. The monoisotopic (exact) mass is 322 g/mol. The minimum atomic E-state index is -0.920. The number of hydrogen-bond acceptors (Lipinski definition) is 5. The molecule has 0 aliphatic carbocycles. The van der Waals surface area contributed by atoms with Crippen LogP contribution in [0.1, 0.15) is 45.4 Å². The fourth-order valence-electron chi connectivity index (χ4n) is 2.34. The number of hydrazone groups is 1. The van der Waals surface area contributed by atoms with Crippen LogP contribution in [0.5, 0.6) is 0 Å². The van der Waals surface area contributed by atoms with Gasteiger partial charge in [-0.1, -0.05) is 50.2 Å². The van der Waals surface area contributed by atoms with Gasteiger partial charge in [0.1, 0.15) is 5.82 Å². The van der Waals surface area contributed by atoms with E-state index in [1.807, 2.05) is 0 Å². The molecule has 2 rings (SSSR count). The van der Waals surface area contributed by atoms with Gasteiger partial charge in [-0.15, -0.1) is 0 Å². The normalized spacial score (nSPS) is 16.9. The maximum atomic E-state index is 13.3. The highest BCUT2D eigenvalue weighted by Crippen LogP contribution is 2.23. The lowest BCUT2D eigenvalue weighted by Crippen LogP contribution is -2.29. The van der Waals surface area contributed by atoms with Gasteiger partial charge in [0, 0.05) is 0 Å². The summed E-state index contributed by atoms with van der Waals surface area (Å²) in [5.41, 5.74) is 0.445. The van der Waals surface area contributed by atoms with Crippen molar-refractivity contribution in [1.82, 2.24) is 0 Å². The Hall–Kier alpha value is -2.11. The highest BCUT2D eigenvalue weighted by atomic mass is 19.1. The fraction of sp³-hybridized carbons (Fsp3) is 0.529. The largest absolute Gasteiger partial charge is 0.449 e. The van der Waals surface area contributed by atoms with Crippen molar-refractivity contribution >= 4 is 18.1 Å². The predicted molar refractivity (Wildman–Crippen MR) is 86.6 cm³/mol. The van der Waals surface area contributed by atoms with Crippen LogP contribution >= 0.6 is 0 Å². The van der Waals surface area contributed by atoms with Gasteiger partial charge in [-0.25, -0.2) is 9.40 Å². The summed E-state index contributed by atoms with van der Waals surface area (Å²) in [7, 11) is 0. The summed E-state index contributed by atoms with van der Waals surface area (Å²) in [6.45, 7) is 2.68. The van der Waals surface area contributed by atoms with E-state index in [2.05, 4.69) is 12.0 Å². The molecule has 0 bridgehead atoms. The summed E-state index contributed by atoms with van der Waals surface area (Å²) in [6.07, 6.45) is 6.68. The maximum Gasteiger partial charge on any atom is 0.408 e. The maximum absolute atomic E-state index is 13.3. The zero-order chi connectivity index (χ0) is 16.5. The number of aldehydes is 1. The van der Waals surface area contributed by atoms with E-state index in [1.54, 1.807) is 12.1 Å². The van der Waals surface area contributed by atoms with Crippen LogP contribution in [0, 0.1) is 5.82 Å². The van der Waals surface area contributed by atoms with E-state index in [9.17, 15) is 9.18 Å². The van der Waals surface area contributed by atoms with Crippen molar-refractivity contribution in [3.05, 3.63) is 30.1 Å². The summed E-state index contributed by atoms with van der Waals surface area (Å²) in [5.74, 6) is -0.399. The molecule has 0 amide bonds. The van der Waals surface area contributed by atoms with E-state index in [0.717, 1.165) is 12.8 Å². The van der Waals surface area contributed by atoms with Gasteiger partial charge in [0.25, 0.3) is 6.23 Å². The van der Waals surface area contributed by atoms with Crippen LogP contribution in [0.4, 0.5) is 10.1 Å². The van der Waals surface area contributed by atoms with Gasteiger partial charge < -0.3 is 9.47 Å². The van der Waals surface area contributed by atoms with E-state index in [-0.39, 0.29) is 6.08 Å². The number of rotatable bonds is 9. The number of hydrogen-bond donors (Lipinski definition) is 0. The summed E-state index contributed by atoms with van der Waals surface area (Å²) < 4.78 is 24.1. The van der Waals surface area contributed by atoms with Crippen molar-refractivity contribution in [2.45, 2.75) is 51.7 Å². The molecule has 0 saturated heterocycles. The highest BCUT2D eigenvalue weighted by Gasteiger charge is 2.30. The molecule has 6 heteroatoms. The number of nitrogens with zero attached hydrogens (tertiary/aromatic N) is 2. The van der Waals surface area contributed by atoms with Crippen LogP contribution in [0.15, 0.2) is 29.4 Å². The van der Waals surface area contributed by atoms with Crippen molar-refractivity contribution in [3.63, 3.8) is 0 Å². The van der Waals surface area contributed by atoms with E-state index in [1.165, 1.54) is 42.8 Å². The Morgan fingerprint density at radius 2 is 2.09 bits per heavy atom. The second-order valence-electron chi connectivity index (χ2n) is 5.45. The van der Waals surface area contributed by atoms with Gasteiger partial charge in [-0.3, -0.25) is 4.79 Å². The molecule has 126 valence electrons. The van der Waals surface area contributed by atoms with Crippen molar-refractivity contribution in [1.29, 1.82) is 0 Å². The number of halogens is 1. The van der Waals surface area contributed by atoms with E-state index < -0.39 is 12.0 Å². The average Bonchev–Trinajstić information content (AvgIpc) is 2.97. The third kappa shape index (κ3) is 5.23. The first-order valence-electron chi connectivity index (χ1n) is 8.12. The lowest BCUT2D eigenvalue weighted by molar-refractivity contribution is -0.114. The number of unbranched alkanes of at least 4 members (excludes halogenated alkanes) is 5. The predicted octanol–water partition coefficient (Wildman–Crippen LogP) is 3.84. The number of carbonyl (C=O) groups is 1. The molecule has 0 fully saturated rings. The van der Waals surface area contributed by atoms with Crippen molar-refractivity contribution in [2.24, 2.45) is 5.10 Å². The molecule has 0 saturated carbocycles. The Morgan fingerprint density at radius 3 is 2.83 bits per heavy atom. The topological polar surface area (TPSA) is 51.1 Å². The van der Waals surface area contributed by atoms with Gasteiger partial charge >= 0.3 is 6.08 Å². The third-order valence-electron chi connectivity index (χ3n) is 3.56. The van der Waals surface area contributed by atoms with E-state index in [4.69, 9.17) is 9.47 Å². The van der Waals surface area contributed by atoms with Crippen LogP contribution in [-0.4, -0.2) is 25.2 Å². The first kappa shape index (κ1) is 17.2. The Labute approximate surface area is 136 Å². The van der Waals surface area contributed by atoms with Crippen molar-refractivity contribution < 1.29 is 18.7 Å². The molecule has 0 N–H and O–H groups in total. The zero-order valence-corrected chi connectivity index (χ0v) is 13.4. The van der Waals surface area contributed by atoms with Gasteiger partial charge in [0.05, 0.1) is 12.3 Å². The molecule has 5 nitrogen and oxygen atoms in total. The Morgan fingerprint density at radius 1 is 1.30 bits per heavy atom. The molecule has 0 aromatic heterocycles. The van der Waals surface area contributed by atoms with Crippen LogP contribution in [0.3, 0.4) is 0 Å². The summed E-state index contributed by atoms with van der Waals surface area (Å²) in [6, 6.07) is 5.83. The van der Waals surface area contributed by atoms with Crippen molar-refractivity contribution in [2.75, 3.05) is 11.6 Å². The fourth-order valence-corrected chi connectivity index (χ4v) is 2.34. The molecule has 0 radical (unpaired) electrons. The molecule has 1 atom stereocenters. The molecule has 1 aliphatic heterocycles. The highest BCUT2D eigenvalue weighted by molar-refractivity contribution is 5.78. The molecule has 1 aromatic rings. The SMILES string of the molecule is CCCCCCCCOC1=NN(c2cccc(F)c2)C(C=O)O1. The molecule has 1 aliphatic rings. The molecule has 1 aromatic carbocycles. The molecular weight excluding hydrogens is 299 g/mol. The summed E-state index contributed by atoms with van der Waals surface area (Å²) >= 11 is 0. The molecule has 1 heterocycles. The standard InChI is InChI=1S/C17H23FN2O3/c1-2-3-4-5-6-7-11-22-17-19-20(16(13-21)23-17)15-10-8-9-14(18)12-15/h8-10,12-13,16H,2-7,11H2,1H3. The number of anilines is 1. The average molecular weight is 322 g/mol. The second kappa shape index (κ2) is 9.12. The van der Waals surface area contributed by atoms with Gasteiger partial charge in [-0.2, -0.15) is 0 Å². The zero-order valence-electron chi connectivity index (χ0n) is 13.4. The smallest absolute Gasteiger partial charge is 0.408 e. The molecule has 23 heavy (non-hydrogen) atoms. The Bertz CT molecular complexity index is 536. The molecular formula is C17H23FN2O3. The van der Waals surface area contributed by atoms with Gasteiger partial charge in [0.15, 0.2) is 6.29 Å². The Balaban J connectivity index is 1.81. The van der Waals surface area contributed by atoms with Crippen LogP contribution in [0.2, 0.25) is 0 Å². The molecule has 1 unspecified atom stereocenters. The lowest BCUT2D eigenvalue weighted by Gasteiger charge is -2.16.